The van der Waals surface area contributed by atoms with Crippen molar-refractivity contribution in [2.45, 2.75) is 20.8 Å². The van der Waals surface area contributed by atoms with E-state index in [4.69, 9.17) is 14.2 Å². The van der Waals surface area contributed by atoms with Gasteiger partial charge < -0.3 is 24.8 Å². The number of carbonyl (C=O) groups is 4. The maximum atomic E-state index is 12.7. The molecule has 2 aromatic rings. The number of esters is 1. The van der Waals surface area contributed by atoms with E-state index in [0.29, 0.717) is 17.0 Å². The molecule has 9 heteroatoms. The maximum Gasteiger partial charge on any atom is 0.340 e. The molecule has 0 spiro atoms. The van der Waals surface area contributed by atoms with Crippen LogP contribution in [0.3, 0.4) is 0 Å². The molecular weight excluding hydrogens is 416 g/mol. The third-order valence-electron chi connectivity index (χ3n) is 4.41. The third kappa shape index (κ3) is 6.31. The molecule has 9 nitrogen and oxygen atoms in total. The minimum Gasteiger partial charge on any atom is -0.493 e. The molecule has 2 aromatic carbocycles. The van der Waals surface area contributed by atoms with Crippen molar-refractivity contribution in [3.8, 4) is 11.5 Å². The smallest absolute Gasteiger partial charge is 0.340 e. The van der Waals surface area contributed by atoms with Crippen LogP contribution in [0.15, 0.2) is 36.4 Å². The number of hydrogen-bond donors (Lipinski definition) is 2. The normalized spacial score (nSPS) is 10.3. The molecule has 0 atom stereocenters. The van der Waals surface area contributed by atoms with Gasteiger partial charge in [0.15, 0.2) is 23.9 Å². The van der Waals surface area contributed by atoms with Gasteiger partial charge >= 0.3 is 5.97 Å². The number of nitrogens with one attached hydrogen (secondary N) is 2. The van der Waals surface area contributed by atoms with E-state index in [1.54, 1.807) is 32.0 Å². The first kappa shape index (κ1) is 24.4. The Hall–Kier alpha value is -3.88. The Kier molecular flexibility index (Phi) is 8.34. The summed E-state index contributed by atoms with van der Waals surface area (Å²) in [6.07, 6.45) is 0. The zero-order valence-corrected chi connectivity index (χ0v) is 18.6. The second kappa shape index (κ2) is 10.9. The van der Waals surface area contributed by atoms with Crippen LogP contribution in [0.25, 0.3) is 0 Å². The van der Waals surface area contributed by atoms with Crippen LogP contribution in [-0.4, -0.2) is 44.4 Å². The van der Waals surface area contributed by atoms with Gasteiger partial charge in [0.1, 0.15) is 0 Å². The molecule has 0 aromatic heterocycles. The zero-order valence-electron chi connectivity index (χ0n) is 18.6. The van der Waals surface area contributed by atoms with Crippen LogP contribution in [0.5, 0.6) is 11.5 Å². The number of benzene rings is 2. The summed E-state index contributed by atoms with van der Waals surface area (Å²) in [5, 5.41) is 5.22. The molecule has 32 heavy (non-hydrogen) atoms. The van der Waals surface area contributed by atoms with Gasteiger partial charge in [-0.3, -0.25) is 14.4 Å². The van der Waals surface area contributed by atoms with Gasteiger partial charge in [0.2, 0.25) is 5.91 Å². The minimum atomic E-state index is -0.836. The first-order chi connectivity index (χ1) is 15.2. The number of ether oxygens (including phenoxy) is 3. The van der Waals surface area contributed by atoms with Gasteiger partial charge in [0.25, 0.3) is 5.91 Å². The van der Waals surface area contributed by atoms with E-state index < -0.39 is 18.5 Å². The number of amides is 2. The molecule has 0 saturated carbocycles. The highest BCUT2D eigenvalue weighted by atomic mass is 16.5. The van der Waals surface area contributed by atoms with Crippen molar-refractivity contribution < 1.29 is 33.4 Å². The van der Waals surface area contributed by atoms with Gasteiger partial charge in [-0.15, -0.1) is 0 Å². The van der Waals surface area contributed by atoms with Crippen molar-refractivity contribution in [2.24, 2.45) is 5.92 Å². The first-order valence-electron chi connectivity index (χ1n) is 9.81. The van der Waals surface area contributed by atoms with Crippen LogP contribution in [-0.2, 0) is 14.3 Å². The number of methoxy groups -OCH3 is 2. The van der Waals surface area contributed by atoms with Gasteiger partial charge in [0.05, 0.1) is 25.5 Å². The molecule has 2 N–H and O–H groups in total. The van der Waals surface area contributed by atoms with Crippen LogP contribution in [0.1, 0.15) is 41.5 Å². The number of Topliss-reactive ketones (excluding diaryl/α,β-unsaturated/α-hetero) is 1. The van der Waals surface area contributed by atoms with Crippen LogP contribution < -0.4 is 20.1 Å². The Balaban J connectivity index is 2.17. The molecule has 170 valence electrons. The number of carbonyl (C=O) groups excluding carboxylic acids is 4. The van der Waals surface area contributed by atoms with Crippen LogP contribution in [0, 0.1) is 5.92 Å². The van der Waals surface area contributed by atoms with E-state index in [1.165, 1.54) is 39.3 Å². The number of ketones is 1. The lowest BCUT2D eigenvalue weighted by Crippen LogP contribution is -2.23. The monoisotopic (exact) mass is 442 g/mol. The molecular formula is C23H26N2O7. The van der Waals surface area contributed by atoms with Gasteiger partial charge in [-0.25, -0.2) is 4.79 Å². The fourth-order valence-electron chi connectivity index (χ4n) is 2.65. The Morgan fingerprint density at radius 1 is 0.938 bits per heavy atom. The molecule has 0 heterocycles. The summed E-state index contributed by atoms with van der Waals surface area (Å²) in [5.41, 5.74) is 1.01. The summed E-state index contributed by atoms with van der Waals surface area (Å²) in [4.78, 5) is 48.5. The predicted octanol–water partition coefficient (Wildman–Crippen LogP) is 3.30. The zero-order chi connectivity index (χ0) is 23.8. The summed E-state index contributed by atoms with van der Waals surface area (Å²) in [6.45, 7) is 4.26. The lowest BCUT2D eigenvalue weighted by atomic mass is 10.1. The molecule has 0 bridgehead atoms. The quantitative estimate of drug-likeness (QED) is 0.452. The third-order valence-corrected chi connectivity index (χ3v) is 4.41. The van der Waals surface area contributed by atoms with Crippen molar-refractivity contribution in [2.75, 3.05) is 31.5 Å². The molecule has 0 aliphatic carbocycles. The predicted molar refractivity (Wildman–Crippen MR) is 118 cm³/mol. The fourth-order valence-corrected chi connectivity index (χ4v) is 2.65. The van der Waals surface area contributed by atoms with E-state index in [-0.39, 0.29) is 34.6 Å². The SMILES string of the molecule is COc1cc(NC(=O)C(C)C)c(C(=O)OCC(=O)Nc2cccc(C(C)=O)c2)cc1OC. The van der Waals surface area contributed by atoms with Gasteiger partial charge in [-0.1, -0.05) is 26.0 Å². The standard InChI is InChI=1S/C23H26N2O7/c1-13(2)22(28)25-18-11-20(31-5)19(30-4)10-17(18)23(29)32-12-21(27)24-16-8-6-7-15(9-16)14(3)26/h6-11,13H,12H2,1-5H3,(H,24,27)(H,25,28). The molecule has 0 saturated heterocycles. The first-order valence-corrected chi connectivity index (χ1v) is 9.81. The maximum absolute atomic E-state index is 12.7. The van der Waals surface area contributed by atoms with Crippen molar-refractivity contribution in [3.63, 3.8) is 0 Å². The minimum absolute atomic E-state index is 0.00280. The summed E-state index contributed by atoms with van der Waals surface area (Å²) in [5.74, 6) is -1.64. The van der Waals surface area contributed by atoms with E-state index in [2.05, 4.69) is 10.6 Å². The average molecular weight is 442 g/mol. The topological polar surface area (TPSA) is 120 Å². The molecule has 2 rings (SSSR count). The van der Waals surface area contributed by atoms with Crippen molar-refractivity contribution in [1.29, 1.82) is 0 Å². The lowest BCUT2D eigenvalue weighted by Gasteiger charge is -2.16. The Labute approximate surface area is 186 Å². The summed E-state index contributed by atoms with van der Waals surface area (Å²) in [7, 11) is 2.83. The van der Waals surface area contributed by atoms with Crippen LogP contribution >= 0.6 is 0 Å². The van der Waals surface area contributed by atoms with E-state index in [0.717, 1.165) is 0 Å². The van der Waals surface area contributed by atoms with E-state index >= 15 is 0 Å². The van der Waals surface area contributed by atoms with Gasteiger partial charge in [0, 0.05) is 29.3 Å². The van der Waals surface area contributed by atoms with Crippen molar-refractivity contribution in [3.05, 3.63) is 47.5 Å². The van der Waals surface area contributed by atoms with Gasteiger partial charge in [-0.05, 0) is 19.1 Å². The second-order valence-corrected chi connectivity index (χ2v) is 7.16. The summed E-state index contributed by atoms with van der Waals surface area (Å²) < 4.78 is 15.6. The Bertz CT molecular complexity index is 1030. The molecule has 0 aliphatic heterocycles. The second-order valence-electron chi connectivity index (χ2n) is 7.16. The van der Waals surface area contributed by atoms with Crippen molar-refractivity contribution in [1.82, 2.24) is 0 Å². The van der Waals surface area contributed by atoms with E-state index in [1.807, 2.05) is 0 Å². The molecule has 0 aliphatic rings. The highest BCUT2D eigenvalue weighted by molar-refractivity contribution is 6.04. The van der Waals surface area contributed by atoms with Crippen LogP contribution in [0.4, 0.5) is 11.4 Å². The highest BCUT2D eigenvalue weighted by Crippen LogP contribution is 2.34. The number of hydrogen-bond acceptors (Lipinski definition) is 7. The number of rotatable bonds is 9. The van der Waals surface area contributed by atoms with Gasteiger partial charge in [-0.2, -0.15) is 0 Å². The Morgan fingerprint density at radius 2 is 1.59 bits per heavy atom. The highest BCUT2D eigenvalue weighted by Gasteiger charge is 2.21. The summed E-state index contributed by atoms with van der Waals surface area (Å²) >= 11 is 0. The molecule has 0 unspecified atom stereocenters. The number of anilines is 2. The average Bonchev–Trinajstić information content (AvgIpc) is 2.77. The summed E-state index contributed by atoms with van der Waals surface area (Å²) in [6, 6.07) is 9.21. The molecule has 0 radical (unpaired) electrons. The Morgan fingerprint density at radius 3 is 2.19 bits per heavy atom. The van der Waals surface area contributed by atoms with Crippen molar-refractivity contribution >= 4 is 34.9 Å². The lowest BCUT2D eigenvalue weighted by molar-refractivity contribution is -0.119. The van der Waals surface area contributed by atoms with Crippen LogP contribution in [0.2, 0.25) is 0 Å². The largest absolute Gasteiger partial charge is 0.493 e. The fraction of sp³-hybridized carbons (Fsp3) is 0.304. The molecule has 2 amide bonds. The molecule has 0 fully saturated rings. The van der Waals surface area contributed by atoms with E-state index in [9.17, 15) is 19.2 Å².